The van der Waals surface area contributed by atoms with E-state index in [4.69, 9.17) is 0 Å². The molecule has 30 heavy (non-hydrogen) atoms. The molecule has 0 saturated carbocycles. The number of aromatic nitrogens is 3. The van der Waals surface area contributed by atoms with Crippen LogP contribution in [0.15, 0.2) is 61.2 Å². The van der Waals surface area contributed by atoms with Gasteiger partial charge in [-0.15, -0.1) is 0 Å². The third kappa shape index (κ3) is 5.24. The van der Waals surface area contributed by atoms with E-state index in [0.717, 1.165) is 17.7 Å². The maximum atomic E-state index is 13.2. The van der Waals surface area contributed by atoms with Crippen molar-refractivity contribution in [1.82, 2.24) is 20.1 Å². The molecule has 9 heteroatoms. The monoisotopic (exact) mass is 417 g/mol. The van der Waals surface area contributed by atoms with Gasteiger partial charge in [0.1, 0.15) is 12.7 Å². The van der Waals surface area contributed by atoms with Crippen LogP contribution >= 0.6 is 0 Å². The van der Waals surface area contributed by atoms with E-state index in [1.54, 1.807) is 0 Å². The second kappa shape index (κ2) is 9.08. The lowest BCUT2D eigenvalue weighted by atomic mass is 9.96. The predicted molar refractivity (Wildman–Crippen MR) is 107 cm³/mol. The molecule has 0 bridgehead atoms. The molecule has 0 aliphatic carbocycles. The first kappa shape index (κ1) is 21.5. The fraction of sp³-hybridized carbons (Fsp3) is 0.286. The van der Waals surface area contributed by atoms with Crippen LogP contribution in [0.25, 0.3) is 5.69 Å². The van der Waals surface area contributed by atoms with Crippen molar-refractivity contribution in [3.8, 4) is 5.69 Å². The number of carbonyl (C=O) groups is 1. The Morgan fingerprint density at radius 1 is 1.13 bits per heavy atom. The summed E-state index contributed by atoms with van der Waals surface area (Å²) >= 11 is 0. The Hall–Kier alpha value is -3.20. The molecule has 1 unspecified atom stereocenters. The number of amides is 1. The Balaban J connectivity index is 1.78. The molecular weight excluding hydrogens is 395 g/mol. The zero-order valence-electron chi connectivity index (χ0n) is 16.5. The molecule has 1 heterocycles. The van der Waals surface area contributed by atoms with E-state index in [9.17, 15) is 18.0 Å². The molecule has 3 rings (SSSR count). The largest absolute Gasteiger partial charge is 0.416 e. The van der Waals surface area contributed by atoms with Crippen LogP contribution in [0.5, 0.6) is 0 Å². The fourth-order valence-corrected chi connectivity index (χ4v) is 3.14. The van der Waals surface area contributed by atoms with Gasteiger partial charge >= 0.3 is 6.18 Å². The van der Waals surface area contributed by atoms with Crippen molar-refractivity contribution in [2.45, 2.75) is 26.1 Å². The molecule has 1 atom stereocenters. The summed E-state index contributed by atoms with van der Waals surface area (Å²) in [5.41, 5.74) is 0.460. The highest BCUT2D eigenvalue weighted by molar-refractivity contribution is 5.94. The second-order valence-electron chi connectivity index (χ2n) is 7.13. The molecule has 6 nitrogen and oxygen atoms in total. The number of rotatable bonds is 7. The minimum Gasteiger partial charge on any atom is -0.323 e. The summed E-state index contributed by atoms with van der Waals surface area (Å²) in [6, 6.07) is 12.7. The molecule has 0 fully saturated rings. The quantitative estimate of drug-likeness (QED) is 0.604. The molecule has 1 amide bonds. The van der Waals surface area contributed by atoms with Gasteiger partial charge in [0.05, 0.1) is 23.5 Å². The first-order valence-electron chi connectivity index (χ1n) is 9.40. The van der Waals surface area contributed by atoms with Crippen LogP contribution < -0.4 is 10.6 Å². The Morgan fingerprint density at radius 3 is 2.47 bits per heavy atom. The van der Waals surface area contributed by atoms with Crippen molar-refractivity contribution < 1.29 is 18.0 Å². The summed E-state index contributed by atoms with van der Waals surface area (Å²) in [6.07, 6.45) is -1.92. The fourth-order valence-electron chi connectivity index (χ4n) is 3.14. The lowest BCUT2D eigenvalue weighted by molar-refractivity contribution is -0.137. The van der Waals surface area contributed by atoms with Gasteiger partial charge in [-0.2, -0.15) is 18.3 Å². The van der Waals surface area contributed by atoms with Crippen LogP contribution in [-0.2, 0) is 11.0 Å². The molecule has 0 aliphatic heterocycles. The van der Waals surface area contributed by atoms with Crippen molar-refractivity contribution in [3.05, 3.63) is 72.3 Å². The van der Waals surface area contributed by atoms with Crippen molar-refractivity contribution in [2.24, 2.45) is 5.92 Å². The molecular formula is C21H22F3N5O. The zero-order valence-corrected chi connectivity index (χ0v) is 16.5. The Morgan fingerprint density at radius 2 is 1.87 bits per heavy atom. The SMILES string of the molecule is CC(C)C(NCC(=O)Nc1cc(C(F)(F)F)ccc1-n1cncn1)c1ccccc1. The molecule has 1 aromatic heterocycles. The Labute approximate surface area is 172 Å². The lowest BCUT2D eigenvalue weighted by Gasteiger charge is -2.23. The average Bonchev–Trinajstić information content (AvgIpc) is 3.22. The summed E-state index contributed by atoms with van der Waals surface area (Å²) < 4.78 is 40.7. The van der Waals surface area contributed by atoms with Gasteiger partial charge in [0.2, 0.25) is 5.91 Å². The normalized spacial score (nSPS) is 12.7. The van der Waals surface area contributed by atoms with Gasteiger partial charge in [-0.05, 0) is 29.7 Å². The highest BCUT2D eigenvalue weighted by atomic mass is 19.4. The average molecular weight is 417 g/mol. The summed E-state index contributed by atoms with van der Waals surface area (Å²) in [7, 11) is 0. The first-order valence-corrected chi connectivity index (χ1v) is 9.40. The van der Waals surface area contributed by atoms with Crippen LogP contribution in [0, 0.1) is 5.92 Å². The first-order chi connectivity index (χ1) is 14.3. The number of anilines is 1. The lowest BCUT2D eigenvalue weighted by Crippen LogP contribution is -2.33. The summed E-state index contributed by atoms with van der Waals surface area (Å²) in [5.74, 6) is -0.253. The standard InChI is InChI=1S/C21H22F3N5O/c1-14(2)20(15-6-4-3-5-7-15)26-11-19(30)28-17-10-16(21(22,23)24)8-9-18(17)29-13-25-12-27-29/h3-10,12-14,20,26H,11H2,1-2H3,(H,28,30). The van der Waals surface area contributed by atoms with E-state index in [-0.39, 0.29) is 29.9 Å². The van der Waals surface area contributed by atoms with Gasteiger partial charge < -0.3 is 10.6 Å². The predicted octanol–water partition coefficient (Wildman–Crippen LogP) is 4.21. The van der Waals surface area contributed by atoms with Gasteiger partial charge in [-0.1, -0.05) is 44.2 Å². The minimum absolute atomic E-state index is 0.00272. The molecule has 0 radical (unpaired) electrons. The van der Waals surface area contributed by atoms with Crippen molar-refractivity contribution in [3.63, 3.8) is 0 Å². The van der Waals surface area contributed by atoms with E-state index in [0.29, 0.717) is 0 Å². The molecule has 0 spiro atoms. The van der Waals surface area contributed by atoms with Crippen molar-refractivity contribution in [2.75, 3.05) is 11.9 Å². The van der Waals surface area contributed by atoms with Crippen molar-refractivity contribution >= 4 is 11.6 Å². The highest BCUT2D eigenvalue weighted by Gasteiger charge is 2.31. The van der Waals surface area contributed by atoms with E-state index in [2.05, 4.69) is 20.7 Å². The van der Waals surface area contributed by atoms with E-state index >= 15 is 0 Å². The van der Waals surface area contributed by atoms with Gasteiger partial charge in [0.25, 0.3) is 0 Å². The molecule has 0 saturated heterocycles. The van der Waals surface area contributed by atoms with Crippen LogP contribution in [0.3, 0.4) is 0 Å². The van der Waals surface area contributed by atoms with Gasteiger partial charge in [-0.25, -0.2) is 9.67 Å². The molecule has 2 aromatic carbocycles. The number of alkyl halides is 3. The van der Waals surface area contributed by atoms with Crippen molar-refractivity contribution in [1.29, 1.82) is 0 Å². The molecule has 0 aliphatic rings. The van der Waals surface area contributed by atoms with Gasteiger partial charge in [-0.3, -0.25) is 4.79 Å². The second-order valence-corrected chi connectivity index (χ2v) is 7.13. The van der Waals surface area contributed by atoms with E-state index < -0.39 is 17.6 Å². The topological polar surface area (TPSA) is 71.8 Å². The van der Waals surface area contributed by atoms with Crippen LogP contribution in [0.1, 0.15) is 31.0 Å². The van der Waals surface area contributed by atoms with E-state index in [1.807, 2.05) is 44.2 Å². The maximum Gasteiger partial charge on any atom is 0.416 e. The Bertz CT molecular complexity index is 972. The summed E-state index contributed by atoms with van der Waals surface area (Å²) in [4.78, 5) is 16.4. The van der Waals surface area contributed by atoms with Crippen LogP contribution in [0.4, 0.5) is 18.9 Å². The van der Waals surface area contributed by atoms with Gasteiger partial charge in [0.15, 0.2) is 0 Å². The molecule has 3 aromatic rings. The number of benzene rings is 2. The highest BCUT2D eigenvalue weighted by Crippen LogP contribution is 2.33. The minimum atomic E-state index is -4.53. The smallest absolute Gasteiger partial charge is 0.323 e. The van der Waals surface area contributed by atoms with Gasteiger partial charge in [0, 0.05) is 6.04 Å². The number of hydrogen-bond acceptors (Lipinski definition) is 4. The summed E-state index contributed by atoms with van der Waals surface area (Å²) in [6.45, 7) is 3.99. The van der Waals surface area contributed by atoms with E-state index in [1.165, 1.54) is 23.4 Å². The Kier molecular flexibility index (Phi) is 6.51. The third-order valence-electron chi connectivity index (χ3n) is 4.57. The van der Waals surface area contributed by atoms with Crippen LogP contribution in [0.2, 0.25) is 0 Å². The third-order valence-corrected chi connectivity index (χ3v) is 4.57. The maximum absolute atomic E-state index is 13.2. The number of nitrogens with one attached hydrogen (secondary N) is 2. The molecule has 158 valence electrons. The number of carbonyl (C=O) groups excluding carboxylic acids is 1. The number of hydrogen-bond donors (Lipinski definition) is 2. The zero-order chi connectivity index (χ0) is 21.7. The van der Waals surface area contributed by atoms with Crippen LogP contribution in [-0.4, -0.2) is 27.2 Å². The summed E-state index contributed by atoms with van der Waals surface area (Å²) in [5, 5.41) is 9.69. The number of nitrogens with zero attached hydrogens (tertiary/aromatic N) is 3. The number of halogens is 3. The molecule has 2 N–H and O–H groups in total.